The molecule has 2 heteroatoms. The second kappa shape index (κ2) is 8.78. The smallest absolute Gasteiger partial charge is 0.163 e. The molecule has 0 saturated heterocycles. The highest BCUT2D eigenvalue weighted by Crippen LogP contribution is 2.72. The number of aromatic nitrogens is 1. The first-order valence-corrected chi connectivity index (χ1v) is 13.2. The number of hydrogen-bond acceptors (Lipinski definition) is 2. The van der Waals surface area contributed by atoms with Crippen LogP contribution in [0.3, 0.4) is 0 Å². The quantitative estimate of drug-likeness (QED) is 0.254. The number of pyridine rings is 1. The summed E-state index contributed by atoms with van der Waals surface area (Å²) < 4.78 is 0. The zero-order valence-electron chi connectivity index (χ0n) is 21.0. The van der Waals surface area contributed by atoms with Gasteiger partial charge in [0.15, 0.2) is 5.78 Å². The number of nitrogens with zero attached hydrogens (tertiary/aromatic N) is 1. The van der Waals surface area contributed by atoms with E-state index in [1.165, 1.54) is 0 Å². The van der Waals surface area contributed by atoms with E-state index in [1.807, 2.05) is 36.7 Å². The third kappa shape index (κ3) is 3.01. The van der Waals surface area contributed by atoms with Crippen LogP contribution in [0.1, 0.15) is 40.2 Å². The van der Waals surface area contributed by atoms with Crippen molar-refractivity contribution in [1.82, 2.24) is 4.98 Å². The molecule has 1 saturated carbocycles. The van der Waals surface area contributed by atoms with E-state index >= 15 is 4.79 Å². The Morgan fingerprint density at radius 2 is 1.03 bits per heavy atom. The van der Waals surface area contributed by atoms with Crippen LogP contribution < -0.4 is 0 Å². The highest BCUT2D eigenvalue weighted by molar-refractivity contribution is 6.29. The Morgan fingerprint density at radius 1 is 0.553 bits per heavy atom. The number of Topliss-reactive ketones (excluding diaryl/α,β-unsaturated/α-hetero) is 1. The minimum atomic E-state index is -0.842. The number of hydrogen-bond donors (Lipinski definition) is 0. The molecule has 0 spiro atoms. The molecule has 0 N–H and O–H groups in total. The van der Waals surface area contributed by atoms with Crippen LogP contribution in [0.2, 0.25) is 0 Å². The normalized spacial score (nSPS) is 24.1. The minimum absolute atomic E-state index is 0.0386. The lowest BCUT2D eigenvalue weighted by Gasteiger charge is -2.39. The zero-order chi connectivity index (χ0) is 25.6. The third-order valence-electron chi connectivity index (χ3n) is 8.58. The standard InChI is InChI=1S/C36H27NO/c38-34-35(29-17-9-3-10-18-29)25-31(26-21-23-37-24-22-26)36(34,30-19-11-4-12-20-30)33(28-15-7-2-8-16-28)32(35)27-13-5-1-6-14-27/h1-24,31H,25H2/t31-,35-,36-/m0/s1. The number of carbonyl (C=O) groups excluding carboxylic acids is 1. The molecule has 1 heterocycles. The van der Waals surface area contributed by atoms with E-state index in [-0.39, 0.29) is 11.7 Å². The molecule has 2 aliphatic carbocycles. The molecule has 2 nitrogen and oxygen atoms in total. The summed E-state index contributed by atoms with van der Waals surface area (Å²) in [5.41, 5.74) is 6.10. The molecule has 0 aliphatic heterocycles. The molecule has 7 rings (SSSR count). The predicted octanol–water partition coefficient (Wildman–Crippen LogP) is 7.64. The molecular weight excluding hydrogens is 462 g/mol. The summed E-state index contributed by atoms with van der Waals surface area (Å²) >= 11 is 0. The molecule has 4 aromatic carbocycles. The first-order valence-electron chi connectivity index (χ1n) is 13.2. The van der Waals surface area contributed by atoms with Crippen LogP contribution >= 0.6 is 0 Å². The lowest BCUT2D eigenvalue weighted by atomic mass is 9.61. The van der Waals surface area contributed by atoms with E-state index < -0.39 is 10.8 Å². The highest BCUT2D eigenvalue weighted by atomic mass is 16.1. The van der Waals surface area contributed by atoms with E-state index in [0.29, 0.717) is 6.42 Å². The van der Waals surface area contributed by atoms with Crippen molar-refractivity contribution in [2.75, 3.05) is 0 Å². The number of carbonyl (C=O) groups is 1. The van der Waals surface area contributed by atoms with Crippen LogP contribution in [0.5, 0.6) is 0 Å². The molecular formula is C36H27NO. The van der Waals surface area contributed by atoms with Gasteiger partial charge < -0.3 is 0 Å². The maximum atomic E-state index is 15.5. The van der Waals surface area contributed by atoms with Gasteiger partial charge in [0.1, 0.15) is 0 Å². The first-order chi connectivity index (χ1) is 18.8. The molecule has 5 aromatic rings. The molecule has 38 heavy (non-hydrogen) atoms. The molecule has 2 bridgehead atoms. The molecule has 0 amide bonds. The molecule has 3 atom stereocenters. The monoisotopic (exact) mass is 489 g/mol. The summed E-state index contributed by atoms with van der Waals surface area (Å²) in [5.74, 6) is 0.227. The first kappa shape index (κ1) is 22.6. The van der Waals surface area contributed by atoms with Crippen molar-refractivity contribution in [3.05, 3.63) is 174 Å². The number of allylic oxidation sites excluding steroid dienone is 2. The van der Waals surface area contributed by atoms with E-state index in [1.54, 1.807) is 0 Å². The van der Waals surface area contributed by atoms with Crippen molar-refractivity contribution < 1.29 is 4.79 Å². The van der Waals surface area contributed by atoms with Gasteiger partial charge in [-0.1, -0.05) is 121 Å². The van der Waals surface area contributed by atoms with Crippen LogP contribution in [-0.2, 0) is 15.6 Å². The SMILES string of the molecule is O=C1[C@]2(c3ccccc3)C[C@@H](c3ccncc3)[C@@]1(c1ccccc1)C(c1ccccc1)=C2c1ccccc1. The van der Waals surface area contributed by atoms with Crippen LogP contribution in [0.15, 0.2) is 146 Å². The average molecular weight is 490 g/mol. The molecule has 0 unspecified atom stereocenters. The van der Waals surface area contributed by atoms with Gasteiger partial charge in [0, 0.05) is 18.3 Å². The molecule has 182 valence electrons. The van der Waals surface area contributed by atoms with Gasteiger partial charge in [-0.15, -0.1) is 0 Å². The summed E-state index contributed by atoms with van der Waals surface area (Å²) in [5, 5.41) is 0. The predicted molar refractivity (Wildman–Crippen MR) is 153 cm³/mol. The summed E-state index contributed by atoms with van der Waals surface area (Å²) in [6, 6.07) is 46.1. The average Bonchev–Trinajstić information content (AvgIpc) is 3.41. The van der Waals surface area contributed by atoms with Crippen molar-refractivity contribution in [1.29, 1.82) is 0 Å². The van der Waals surface area contributed by atoms with Crippen molar-refractivity contribution in [3.8, 4) is 0 Å². The number of fused-ring (bicyclic) bond motifs is 2. The second-order valence-corrected chi connectivity index (χ2v) is 10.3. The lowest BCUT2D eigenvalue weighted by molar-refractivity contribution is -0.123. The third-order valence-corrected chi connectivity index (χ3v) is 8.58. The fourth-order valence-corrected chi connectivity index (χ4v) is 7.19. The van der Waals surface area contributed by atoms with Crippen molar-refractivity contribution in [2.45, 2.75) is 23.2 Å². The van der Waals surface area contributed by atoms with Crippen LogP contribution in [0, 0.1) is 0 Å². The van der Waals surface area contributed by atoms with Crippen LogP contribution in [0.4, 0.5) is 0 Å². The summed E-state index contributed by atoms with van der Waals surface area (Å²) in [6.07, 6.45) is 4.41. The topological polar surface area (TPSA) is 30.0 Å². The van der Waals surface area contributed by atoms with Crippen molar-refractivity contribution in [3.63, 3.8) is 0 Å². The Labute approximate surface area is 223 Å². The Bertz CT molecular complexity index is 1630. The summed E-state index contributed by atoms with van der Waals surface area (Å²) in [7, 11) is 0. The number of rotatable bonds is 5. The number of benzene rings is 4. The van der Waals surface area contributed by atoms with Gasteiger partial charge in [-0.2, -0.15) is 0 Å². The van der Waals surface area contributed by atoms with Gasteiger partial charge in [-0.25, -0.2) is 0 Å². The van der Waals surface area contributed by atoms with Gasteiger partial charge >= 0.3 is 0 Å². The Balaban J connectivity index is 1.68. The van der Waals surface area contributed by atoms with E-state index in [9.17, 15) is 0 Å². The van der Waals surface area contributed by atoms with E-state index in [0.717, 1.165) is 39.0 Å². The minimum Gasteiger partial charge on any atom is -0.297 e. The van der Waals surface area contributed by atoms with Gasteiger partial charge in [0.2, 0.25) is 0 Å². The van der Waals surface area contributed by atoms with Gasteiger partial charge in [0.05, 0.1) is 10.8 Å². The van der Waals surface area contributed by atoms with Gasteiger partial charge in [-0.05, 0) is 57.5 Å². The maximum absolute atomic E-state index is 15.5. The van der Waals surface area contributed by atoms with Crippen molar-refractivity contribution in [2.24, 2.45) is 0 Å². The fraction of sp³-hybridized carbons (Fsp3) is 0.111. The fourth-order valence-electron chi connectivity index (χ4n) is 7.19. The number of ketones is 1. The molecule has 1 aromatic heterocycles. The largest absolute Gasteiger partial charge is 0.297 e. The summed E-state index contributed by atoms with van der Waals surface area (Å²) in [6.45, 7) is 0. The Kier molecular flexibility index (Phi) is 5.23. The van der Waals surface area contributed by atoms with E-state index in [4.69, 9.17) is 0 Å². The Hall–Kier alpha value is -4.56. The molecule has 1 fully saturated rings. The van der Waals surface area contributed by atoms with Crippen molar-refractivity contribution >= 4 is 16.9 Å². The van der Waals surface area contributed by atoms with Gasteiger partial charge in [-0.3, -0.25) is 9.78 Å². The Morgan fingerprint density at radius 3 is 1.58 bits per heavy atom. The van der Waals surface area contributed by atoms with Crippen LogP contribution in [-0.4, -0.2) is 10.8 Å². The zero-order valence-corrected chi connectivity index (χ0v) is 21.0. The molecule has 2 aliphatic rings. The lowest BCUT2D eigenvalue weighted by Crippen LogP contribution is -2.38. The highest BCUT2D eigenvalue weighted by Gasteiger charge is 2.72. The molecule has 0 radical (unpaired) electrons. The van der Waals surface area contributed by atoms with Crippen LogP contribution in [0.25, 0.3) is 11.1 Å². The second-order valence-electron chi connectivity index (χ2n) is 10.3. The maximum Gasteiger partial charge on any atom is 0.163 e. The van der Waals surface area contributed by atoms with E-state index in [2.05, 4.69) is 114 Å². The van der Waals surface area contributed by atoms with Gasteiger partial charge in [0.25, 0.3) is 0 Å². The summed E-state index contributed by atoms with van der Waals surface area (Å²) in [4.78, 5) is 19.8.